The van der Waals surface area contributed by atoms with Gasteiger partial charge in [-0.2, -0.15) is 26.3 Å². The molecule has 0 atom stereocenters. The van der Waals surface area contributed by atoms with Crippen molar-refractivity contribution in [1.82, 2.24) is 0 Å². The van der Waals surface area contributed by atoms with E-state index >= 15 is 0 Å². The van der Waals surface area contributed by atoms with Gasteiger partial charge in [0.05, 0.1) is 16.7 Å². The summed E-state index contributed by atoms with van der Waals surface area (Å²) in [6.07, 6.45) is -9.39. The molecular weight excluding hydrogens is 346 g/mol. The first-order chi connectivity index (χ1) is 10.5. The maximum absolute atomic E-state index is 13.0. The molecular formula is C15H7ClF6O. The number of rotatable bonds is 2. The largest absolute Gasteiger partial charge is 0.417 e. The van der Waals surface area contributed by atoms with Crippen LogP contribution in [0.25, 0.3) is 11.1 Å². The van der Waals surface area contributed by atoms with E-state index in [4.69, 9.17) is 11.6 Å². The van der Waals surface area contributed by atoms with Gasteiger partial charge in [-0.15, -0.1) is 0 Å². The topological polar surface area (TPSA) is 17.1 Å². The summed E-state index contributed by atoms with van der Waals surface area (Å²) in [6, 6.07) is 6.34. The lowest BCUT2D eigenvalue weighted by molar-refractivity contribution is -0.138. The Kier molecular flexibility index (Phi) is 4.43. The Morgan fingerprint density at radius 2 is 1.39 bits per heavy atom. The van der Waals surface area contributed by atoms with E-state index in [0.29, 0.717) is 6.07 Å². The van der Waals surface area contributed by atoms with Gasteiger partial charge in [0.25, 0.3) is 5.24 Å². The molecule has 2 aromatic rings. The molecule has 0 aliphatic rings. The molecule has 0 radical (unpaired) electrons. The Bertz CT molecular complexity index is 731. The summed E-state index contributed by atoms with van der Waals surface area (Å²) in [7, 11) is 0. The third kappa shape index (κ3) is 3.67. The molecule has 0 spiro atoms. The Balaban J connectivity index is 2.62. The summed E-state index contributed by atoms with van der Waals surface area (Å²) < 4.78 is 76.5. The molecule has 23 heavy (non-hydrogen) atoms. The Morgan fingerprint density at radius 1 is 0.826 bits per heavy atom. The molecule has 0 aromatic heterocycles. The fraction of sp³-hybridized carbons (Fsp3) is 0.133. The molecule has 8 heteroatoms. The van der Waals surface area contributed by atoms with Crippen LogP contribution >= 0.6 is 11.6 Å². The van der Waals surface area contributed by atoms with Crippen LogP contribution in [0.5, 0.6) is 0 Å². The zero-order valence-electron chi connectivity index (χ0n) is 11.1. The third-order valence-corrected chi connectivity index (χ3v) is 3.28. The number of benzene rings is 2. The van der Waals surface area contributed by atoms with Gasteiger partial charge in [0.2, 0.25) is 0 Å². The van der Waals surface area contributed by atoms with Gasteiger partial charge in [-0.25, -0.2) is 0 Å². The Hall–Kier alpha value is -2.02. The van der Waals surface area contributed by atoms with E-state index in [9.17, 15) is 31.1 Å². The number of alkyl halides is 6. The van der Waals surface area contributed by atoms with Gasteiger partial charge < -0.3 is 0 Å². The van der Waals surface area contributed by atoms with Crippen molar-refractivity contribution in [3.8, 4) is 11.1 Å². The summed E-state index contributed by atoms with van der Waals surface area (Å²) in [4.78, 5) is 11.4. The first-order valence-corrected chi connectivity index (χ1v) is 6.47. The fourth-order valence-corrected chi connectivity index (χ4v) is 2.28. The van der Waals surface area contributed by atoms with Crippen molar-refractivity contribution < 1.29 is 31.1 Å². The van der Waals surface area contributed by atoms with Crippen LogP contribution in [0.4, 0.5) is 26.3 Å². The zero-order chi connectivity index (χ0) is 17.4. The lowest BCUT2D eigenvalue weighted by atomic mass is 9.95. The third-order valence-electron chi connectivity index (χ3n) is 3.09. The number of hydrogen-bond donors (Lipinski definition) is 0. The van der Waals surface area contributed by atoms with Crippen molar-refractivity contribution in [2.45, 2.75) is 12.4 Å². The first-order valence-electron chi connectivity index (χ1n) is 6.09. The average molecular weight is 353 g/mol. The van der Waals surface area contributed by atoms with Gasteiger partial charge in [-0.3, -0.25) is 4.79 Å². The SMILES string of the molecule is O=C(Cl)c1c(-c2ccc(C(F)(F)F)cc2)cccc1C(F)(F)F. The molecule has 2 aromatic carbocycles. The van der Waals surface area contributed by atoms with Crippen molar-refractivity contribution >= 4 is 16.8 Å². The molecule has 0 N–H and O–H groups in total. The van der Waals surface area contributed by atoms with Gasteiger partial charge in [-0.05, 0) is 40.9 Å². The molecule has 0 unspecified atom stereocenters. The monoisotopic (exact) mass is 352 g/mol. The molecule has 0 saturated carbocycles. The van der Waals surface area contributed by atoms with E-state index in [2.05, 4.69) is 0 Å². The minimum atomic E-state index is -4.82. The van der Waals surface area contributed by atoms with Crippen LogP contribution in [-0.4, -0.2) is 5.24 Å². The molecule has 1 nitrogen and oxygen atoms in total. The summed E-state index contributed by atoms with van der Waals surface area (Å²) in [5, 5.41) is -1.34. The number of carbonyl (C=O) groups excluding carboxylic acids is 1. The lowest BCUT2D eigenvalue weighted by Gasteiger charge is -2.15. The second-order valence-electron chi connectivity index (χ2n) is 4.57. The van der Waals surface area contributed by atoms with E-state index in [0.717, 1.165) is 30.3 Å². The average Bonchev–Trinajstić information content (AvgIpc) is 2.44. The van der Waals surface area contributed by atoms with Gasteiger partial charge in [-0.1, -0.05) is 24.3 Å². The van der Waals surface area contributed by atoms with Crippen LogP contribution in [0.1, 0.15) is 21.5 Å². The molecule has 0 saturated heterocycles. The molecule has 0 heterocycles. The maximum Gasteiger partial charge on any atom is 0.417 e. The van der Waals surface area contributed by atoms with Crippen LogP contribution in [-0.2, 0) is 12.4 Å². The molecule has 0 aliphatic heterocycles. The zero-order valence-corrected chi connectivity index (χ0v) is 11.9. The second-order valence-corrected chi connectivity index (χ2v) is 4.92. The summed E-state index contributed by atoms with van der Waals surface area (Å²) in [5.74, 6) is 0. The molecule has 0 aliphatic carbocycles. The molecule has 0 amide bonds. The van der Waals surface area contributed by atoms with E-state index < -0.39 is 34.3 Å². The first kappa shape index (κ1) is 17.3. The lowest BCUT2D eigenvalue weighted by Crippen LogP contribution is -2.12. The summed E-state index contributed by atoms with van der Waals surface area (Å²) >= 11 is 5.25. The molecule has 2 rings (SSSR count). The summed E-state index contributed by atoms with van der Waals surface area (Å²) in [5.41, 5.74) is -3.15. The standard InChI is InChI=1S/C15H7ClF6O/c16-13(23)12-10(2-1-3-11(12)15(20,21)22)8-4-6-9(7-5-8)14(17,18)19/h1-7H. The second kappa shape index (κ2) is 5.88. The maximum atomic E-state index is 13.0. The van der Waals surface area contributed by atoms with E-state index in [1.54, 1.807) is 0 Å². The predicted molar refractivity (Wildman–Crippen MR) is 72.1 cm³/mol. The van der Waals surface area contributed by atoms with E-state index in [1.165, 1.54) is 6.07 Å². The van der Waals surface area contributed by atoms with Crippen molar-refractivity contribution in [1.29, 1.82) is 0 Å². The summed E-state index contributed by atoms with van der Waals surface area (Å²) in [6.45, 7) is 0. The van der Waals surface area contributed by atoms with Crippen LogP contribution in [0, 0.1) is 0 Å². The van der Waals surface area contributed by atoms with E-state index in [-0.39, 0.29) is 11.1 Å². The Morgan fingerprint density at radius 3 is 1.83 bits per heavy atom. The van der Waals surface area contributed by atoms with Crippen LogP contribution in [0.3, 0.4) is 0 Å². The van der Waals surface area contributed by atoms with Crippen molar-refractivity contribution in [2.75, 3.05) is 0 Å². The number of hydrogen-bond acceptors (Lipinski definition) is 1. The highest BCUT2D eigenvalue weighted by molar-refractivity contribution is 6.68. The molecule has 122 valence electrons. The normalized spacial score (nSPS) is 12.3. The number of carbonyl (C=O) groups is 1. The highest BCUT2D eigenvalue weighted by Gasteiger charge is 2.36. The van der Waals surface area contributed by atoms with Crippen molar-refractivity contribution in [2.24, 2.45) is 0 Å². The van der Waals surface area contributed by atoms with Crippen LogP contribution in [0.15, 0.2) is 42.5 Å². The van der Waals surface area contributed by atoms with Gasteiger partial charge in [0.1, 0.15) is 0 Å². The smallest absolute Gasteiger partial charge is 0.276 e. The molecule has 0 bridgehead atoms. The fourth-order valence-electron chi connectivity index (χ4n) is 2.08. The van der Waals surface area contributed by atoms with Crippen LogP contribution in [0.2, 0.25) is 0 Å². The quantitative estimate of drug-likeness (QED) is 0.495. The number of halogens is 7. The highest BCUT2D eigenvalue weighted by atomic mass is 35.5. The predicted octanol–water partition coefficient (Wildman–Crippen LogP) is 5.77. The minimum absolute atomic E-state index is 0.0214. The van der Waals surface area contributed by atoms with E-state index in [1.807, 2.05) is 0 Å². The van der Waals surface area contributed by atoms with Gasteiger partial charge in [0.15, 0.2) is 0 Å². The Labute approximate surface area is 131 Å². The van der Waals surface area contributed by atoms with Crippen molar-refractivity contribution in [3.63, 3.8) is 0 Å². The minimum Gasteiger partial charge on any atom is -0.276 e. The van der Waals surface area contributed by atoms with Crippen molar-refractivity contribution in [3.05, 3.63) is 59.2 Å². The highest BCUT2D eigenvalue weighted by Crippen LogP contribution is 2.38. The van der Waals surface area contributed by atoms with Gasteiger partial charge in [0, 0.05) is 0 Å². The molecule has 0 fully saturated rings. The van der Waals surface area contributed by atoms with Gasteiger partial charge >= 0.3 is 12.4 Å². The van der Waals surface area contributed by atoms with Crippen LogP contribution < -0.4 is 0 Å².